The first-order chi connectivity index (χ1) is 15.6. The summed E-state index contributed by atoms with van der Waals surface area (Å²) in [5, 5.41) is 8.39. The number of hydrogen-bond acceptors (Lipinski definition) is 4. The van der Waals surface area contributed by atoms with Gasteiger partial charge in [-0.25, -0.2) is 4.79 Å². The molecule has 1 fully saturated rings. The predicted molar refractivity (Wildman–Crippen MR) is 126 cm³/mol. The third-order valence-electron chi connectivity index (χ3n) is 6.50. The minimum atomic E-state index is -0.192. The zero-order chi connectivity index (χ0) is 22.4. The van der Waals surface area contributed by atoms with Crippen molar-refractivity contribution >= 4 is 17.0 Å². The summed E-state index contributed by atoms with van der Waals surface area (Å²) in [6.45, 7) is 7.18. The van der Waals surface area contributed by atoms with Crippen molar-refractivity contribution in [1.82, 2.24) is 15.1 Å². The number of unbranched alkanes of at least 4 members (excludes halogenated alkanes) is 1. The van der Waals surface area contributed by atoms with Gasteiger partial charge in [-0.3, -0.25) is 5.10 Å². The van der Waals surface area contributed by atoms with E-state index in [1.54, 1.807) is 0 Å². The zero-order valence-electron chi connectivity index (χ0n) is 19.1. The van der Waals surface area contributed by atoms with Crippen molar-refractivity contribution in [1.29, 1.82) is 0 Å². The van der Waals surface area contributed by atoms with Crippen LogP contribution in [0.1, 0.15) is 49.3 Å². The van der Waals surface area contributed by atoms with Crippen molar-refractivity contribution in [2.75, 3.05) is 26.3 Å². The van der Waals surface area contributed by atoms with E-state index < -0.39 is 0 Å². The van der Waals surface area contributed by atoms with Crippen molar-refractivity contribution < 1.29 is 14.3 Å². The number of aryl methyl sites for hydroxylation is 1. The molecular formula is C26H33N3O3. The van der Waals surface area contributed by atoms with Gasteiger partial charge >= 0.3 is 6.09 Å². The van der Waals surface area contributed by atoms with Crippen LogP contribution in [0.3, 0.4) is 0 Å². The Kier molecular flexibility index (Phi) is 7.10. The number of ether oxygens (including phenoxy) is 2. The third-order valence-corrected chi connectivity index (χ3v) is 6.50. The lowest BCUT2D eigenvalue weighted by Crippen LogP contribution is -2.47. The fraction of sp³-hybridized carbons (Fsp3) is 0.462. The van der Waals surface area contributed by atoms with Gasteiger partial charge in [0.2, 0.25) is 0 Å². The van der Waals surface area contributed by atoms with Crippen molar-refractivity contribution in [3.05, 3.63) is 65.4 Å². The molecule has 1 aliphatic heterocycles. The van der Waals surface area contributed by atoms with Gasteiger partial charge in [-0.15, -0.1) is 0 Å². The number of amides is 1. The molecule has 0 aliphatic carbocycles. The molecule has 1 aromatic heterocycles. The first-order valence-electron chi connectivity index (χ1n) is 11.6. The number of aromatic amines is 1. The molecule has 6 nitrogen and oxygen atoms in total. The van der Waals surface area contributed by atoms with Crippen LogP contribution >= 0.6 is 0 Å². The van der Waals surface area contributed by atoms with Crippen LogP contribution in [0.25, 0.3) is 10.9 Å². The highest BCUT2D eigenvalue weighted by atomic mass is 16.6. The topological polar surface area (TPSA) is 67.4 Å². The summed E-state index contributed by atoms with van der Waals surface area (Å²) in [5.74, 6) is 0. The van der Waals surface area contributed by atoms with Crippen LogP contribution < -0.4 is 0 Å². The van der Waals surface area contributed by atoms with Gasteiger partial charge in [0.05, 0.1) is 31.5 Å². The normalized spacial score (nSPS) is 15.8. The van der Waals surface area contributed by atoms with E-state index in [0.29, 0.717) is 32.9 Å². The number of nitrogens with one attached hydrogen (secondary N) is 1. The molecule has 1 aliphatic rings. The summed E-state index contributed by atoms with van der Waals surface area (Å²) in [6, 6.07) is 14.8. The molecule has 2 heterocycles. The van der Waals surface area contributed by atoms with Crippen LogP contribution in [0.15, 0.2) is 48.7 Å². The van der Waals surface area contributed by atoms with E-state index in [-0.39, 0.29) is 11.5 Å². The predicted octanol–water partition coefficient (Wildman–Crippen LogP) is 5.36. The number of likely N-dealkylation sites (tertiary alicyclic amines) is 1. The molecule has 32 heavy (non-hydrogen) atoms. The van der Waals surface area contributed by atoms with Crippen LogP contribution in [0.4, 0.5) is 4.79 Å². The van der Waals surface area contributed by atoms with E-state index in [1.807, 2.05) is 17.2 Å². The fourth-order valence-corrected chi connectivity index (χ4v) is 4.59. The summed E-state index contributed by atoms with van der Waals surface area (Å²) in [6.07, 6.45) is 5.30. The highest BCUT2D eigenvalue weighted by Gasteiger charge is 2.38. The average molecular weight is 436 g/mol. The number of benzene rings is 2. The average Bonchev–Trinajstić information content (AvgIpc) is 3.29. The quantitative estimate of drug-likeness (QED) is 0.484. The standard InChI is InChI=1S/C26H33N3O3/c1-3-4-14-32-25(30)29-12-10-26(11-13-29,23-8-6-5-7-9-23)19-31-18-22-16-20(2)15-21-17-27-28-24(21)22/h5-9,15-17H,3-4,10-14,18-19H2,1-2H3,(H,27,28). The SMILES string of the molecule is CCCCOC(=O)N1CCC(COCc2cc(C)cc3cn[nH]c23)(c2ccccc2)CC1. The molecular weight excluding hydrogens is 402 g/mol. The number of hydrogen-bond donors (Lipinski definition) is 1. The van der Waals surface area contributed by atoms with Gasteiger partial charge < -0.3 is 14.4 Å². The zero-order valence-corrected chi connectivity index (χ0v) is 19.1. The third kappa shape index (κ3) is 4.96. The van der Waals surface area contributed by atoms with E-state index in [9.17, 15) is 4.79 Å². The molecule has 170 valence electrons. The first kappa shape index (κ1) is 22.3. The largest absolute Gasteiger partial charge is 0.449 e. The Balaban J connectivity index is 1.44. The van der Waals surface area contributed by atoms with Crippen LogP contribution in [-0.2, 0) is 21.5 Å². The fourth-order valence-electron chi connectivity index (χ4n) is 4.59. The van der Waals surface area contributed by atoms with Crippen molar-refractivity contribution in [3.8, 4) is 0 Å². The van der Waals surface area contributed by atoms with Gasteiger partial charge in [0.25, 0.3) is 0 Å². The molecule has 2 aromatic carbocycles. The van der Waals surface area contributed by atoms with Crippen molar-refractivity contribution in [2.45, 2.75) is 51.6 Å². The molecule has 0 spiro atoms. The number of carbonyl (C=O) groups excluding carboxylic acids is 1. The number of fused-ring (bicyclic) bond motifs is 1. The maximum Gasteiger partial charge on any atom is 0.409 e. The molecule has 1 amide bonds. The lowest BCUT2D eigenvalue weighted by molar-refractivity contribution is 0.0312. The Labute approximate surface area is 189 Å². The summed E-state index contributed by atoms with van der Waals surface area (Å²) >= 11 is 0. The Morgan fingerprint density at radius 2 is 1.97 bits per heavy atom. The van der Waals surface area contributed by atoms with E-state index >= 15 is 0 Å². The Hall–Kier alpha value is -2.86. The lowest BCUT2D eigenvalue weighted by atomic mass is 9.73. The molecule has 4 rings (SSSR count). The van der Waals surface area contributed by atoms with Crippen LogP contribution in [0, 0.1) is 6.92 Å². The lowest BCUT2D eigenvalue weighted by Gasteiger charge is -2.41. The van der Waals surface area contributed by atoms with Gasteiger partial charge in [-0.05, 0) is 43.4 Å². The van der Waals surface area contributed by atoms with Crippen molar-refractivity contribution in [2.24, 2.45) is 0 Å². The molecule has 0 unspecified atom stereocenters. The molecule has 0 radical (unpaired) electrons. The van der Waals surface area contributed by atoms with E-state index in [1.165, 1.54) is 11.1 Å². The molecule has 0 saturated carbocycles. The molecule has 3 aromatic rings. The summed E-state index contributed by atoms with van der Waals surface area (Å²) < 4.78 is 11.8. The van der Waals surface area contributed by atoms with Crippen molar-refractivity contribution in [3.63, 3.8) is 0 Å². The minimum absolute atomic E-state index is 0.113. The molecule has 1 saturated heterocycles. The van der Waals surface area contributed by atoms with Gasteiger partial charge in [-0.1, -0.05) is 49.7 Å². The maximum absolute atomic E-state index is 12.4. The van der Waals surface area contributed by atoms with Gasteiger partial charge in [-0.2, -0.15) is 5.10 Å². The van der Waals surface area contributed by atoms with Gasteiger partial charge in [0.15, 0.2) is 0 Å². The number of piperidine rings is 1. The summed E-state index contributed by atoms with van der Waals surface area (Å²) in [4.78, 5) is 14.3. The number of H-pyrrole nitrogens is 1. The number of rotatable bonds is 8. The molecule has 6 heteroatoms. The second-order valence-electron chi connectivity index (χ2n) is 8.85. The van der Waals surface area contributed by atoms with Crippen LogP contribution in [-0.4, -0.2) is 47.5 Å². The van der Waals surface area contributed by atoms with Crippen LogP contribution in [0.2, 0.25) is 0 Å². The van der Waals surface area contributed by atoms with E-state index in [4.69, 9.17) is 9.47 Å². The monoisotopic (exact) mass is 435 g/mol. The second-order valence-corrected chi connectivity index (χ2v) is 8.85. The summed E-state index contributed by atoms with van der Waals surface area (Å²) in [7, 11) is 0. The van der Waals surface area contributed by atoms with Crippen LogP contribution in [0.5, 0.6) is 0 Å². The van der Waals surface area contributed by atoms with Gasteiger partial charge in [0.1, 0.15) is 0 Å². The minimum Gasteiger partial charge on any atom is -0.449 e. The molecule has 0 bridgehead atoms. The Bertz CT molecular complexity index is 1020. The Morgan fingerprint density at radius 3 is 2.72 bits per heavy atom. The highest BCUT2D eigenvalue weighted by molar-refractivity contribution is 5.82. The molecule has 1 N–H and O–H groups in total. The van der Waals surface area contributed by atoms with Gasteiger partial charge in [0, 0.05) is 29.5 Å². The molecule has 0 atom stereocenters. The number of carbonyl (C=O) groups is 1. The maximum atomic E-state index is 12.4. The second kappa shape index (κ2) is 10.2. The first-order valence-corrected chi connectivity index (χ1v) is 11.6. The smallest absolute Gasteiger partial charge is 0.409 e. The van der Waals surface area contributed by atoms with E-state index in [0.717, 1.165) is 42.1 Å². The van der Waals surface area contributed by atoms with E-state index in [2.05, 4.69) is 60.4 Å². The number of nitrogens with zero attached hydrogens (tertiary/aromatic N) is 2. The summed E-state index contributed by atoms with van der Waals surface area (Å²) in [5.41, 5.74) is 4.52. The highest BCUT2D eigenvalue weighted by Crippen LogP contribution is 2.36. The Morgan fingerprint density at radius 1 is 1.19 bits per heavy atom. The number of aromatic nitrogens is 2.